The van der Waals surface area contributed by atoms with E-state index in [1.807, 2.05) is 0 Å². The van der Waals surface area contributed by atoms with E-state index in [0.717, 1.165) is 32.5 Å². The van der Waals surface area contributed by atoms with Gasteiger partial charge in [0.2, 0.25) is 0 Å². The largest absolute Gasteiger partial charge is 0.306 e. The third-order valence-corrected chi connectivity index (χ3v) is 3.33. The fourth-order valence-corrected chi connectivity index (χ4v) is 1.87. The lowest BCUT2D eigenvalue weighted by Crippen LogP contribution is -2.24. The molecule has 96 valence electrons. The average molecular weight is 347 g/mol. The Kier molecular flexibility index (Phi) is 7.75. The lowest BCUT2D eigenvalue weighted by Gasteiger charge is -2.13. The molecule has 0 unspecified atom stereocenters. The van der Waals surface area contributed by atoms with Crippen molar-refractivity contribution < 1.29 is 0 Å². The zero-order valence-corrected chi connectivity index (χ0v) is 12.8. The smallest absolute Gasteiger partial charge is 0.0334 e. The van der Waals surface area contributed by atoms with Crippen LogP contribution in [0.4, 0.5) is 0 Å². The first-order valence-corrected chi connectivity index (χ1v) is 7.19. The molecule has 0 aromatic heterocycles. The molecular weight excluding hydrogens is 325 g/mol. The van der Waals surface area contributed by atoms with Crippen molar-refractivity contribution in [3.63, 3.8) is 0 Å². The maximum atomic E-state index is 3.09. The van der Waals surface area contributed by atoms with E-state index in [4.69, 9.17) is 0 Å². The summed E-state index contributed by atoms with van der Waals surface area (Å²) in [6, 6.07) is 8.96. The molecule has 0 saturated heterocycles. The zero-order chi connectivity index (χ0) is 12.5. The van der Waals surface area contributed by atoms with Crippen molar-refractivity contribution in [1.82, 2.24) is 14.0 Å². The number of hydrogen-bond acceptors (Lipinski definition) is 3. The van der Waals surface area contributed by atoms with Gasteiger partial charge in [0.05, 0.1) is 0 Å². The number of benzene rings is 1. The molecule has 0 aliphatic heterocycles. The average Bonchev–Trinajstić information content (AvgIpc) is 2.37. The quantitative estimate of drug-likeness (QED) is 0.327. The Morgan fingerprint density at radius 2 is 1.71 bits per heavy atom. The fraction of sp³-hybridized carbons (Fsp3) is 0.538. The Hall–Kier alpha value is -0.170. The van der Waals surface area contributed by atoms with Crippen LogP contribution in [0.2, 0.25) is 0 Å². The highest BCUT2D eigenvalue weighted by atomic mass is 127. The highest BCUT2D eigenvalue weighted by Crippen LogP contribution is 2.06. The minimum Gasteiger partial charge on any atom is -0.306 e. The third kappa shape index (κ3) is 6.35. The second kappa shape index (κ2) is 8.85. The van der Waals surface area contributed by atoms with Crippen LogP contribution >= 0.6 is 22.9 Å². The first-order chi connectivity index (χ1) is 8.26. The van der Waals surface area contributed by atoms with Crippen LogP contribution in [0, 0.1) is 0 Å². The number of nitrogens with one attached hydrogen (secondary N) is 2. The van der Waals surface area contributed by atoms with E-state index in [0.29, 0.717) is 0 Å². The number of halogens is 1. The molecule has 0 saturated carbocycles. The minimum atomic E-state index is 0.959. The number of hydrazine groups is 1. The van der Waals surface area contributed by atoms with Crippen LogP contribution in [0.5, 0.6) is 0 Å². The molecule has 17 heavy (non-hydrogen) atoms. The van der Waals surface area contributed by atoms with E-state index in [1.165, 1.54) is 11.1 Å². The van der Waals surface area contributed by atoms with Crippen molar-refractivity contribution in [3.05, 3.63) is 35.4 Å². The van der Waals surface area contributed by atoms with Crippen molar-refractivity contribution in [3.8, 4) is 0 Å². The van der Waals surface area contributed by atoms with Crippen LogP contribution in [0.25, 0.3) is 0 Å². The molecule has 0 heterocycles. The van der Waals surface area contributed by atoms with Crippen LogP contribution in [0.1, 0.15) is 18.1 Å². The van der Waals surface area contributed by atoms with Crippen molar-refractivity contribution in [2.45, 2.75) is 19.8 Å². The normalized spacial score (nSPS) is 11.1. The van der Waals surface area contributed by atoms with Gasteiger partial charge in [-0.2, -0.15) is 3.64 Å². The summed E-state index contributed by atoms with van der Waals surface area (Å²) in [4.78, 5) is 2.34. The van der Waals surface area contributed by atoms with Gasteiger partial charge in [0.25, 0.3) is 0 Å². The Morgan fingerprint density at radius 3 is 2.24 bits per heavy atom. The summed E-state index contributed by atoms with van der Waals surface area (Å²) in [5, 5.41) is 0. The number of nitrogens with zero attached hydrogens (tertiary/aromatic N) is 1. The maximum absolute atomic E-state index is 3.09. The topological polar surface area (TPSA) is 27.3 Å². The van der Waals surface area contributed by atoms with Crippen molar-refractivity contribution in [1.29, 1.82) is 0 Å². The predicted molar refractivity (Wildman–Crippen MR) is 82.2 cm³/mol. The SMILES string of the molecule is CCN(C)CCc1ccc(CCNNI)cc1. The van der Waals surface area contributed by atoms with Gasteiger partial charge in [0.1, 0.15) is 0 Å². The molecule has 0 radical (unpaired) electrons. The minimum absolute atomic E-state index is 0.959. The van der Waals surface area contributed by atoms with E-state index in [1.54, 1.807) is 0 Å². The molecule has 0 spiro atoms. The Balaban J connectivity index is 2.34. The molecule has 1 aromatic rings. The monoisotopic (exact) mass is 347 g/mol. The molecule has 0 atom stereocenters. The van der Waals surface area contributed by atoms with Crippen LogP contribution in [-0.4, -0.2) is 31.6 Å². The van der Waals surface area contributed by atoms with Gasteiger partial charge >= 0.3 is 0 Å². The second-order valence-electron chi connectivity index (χ2n) is 4.23. The van der Waals surface area contributed by atoms with E-state index in [-0.39, 0.29) is 0 Å². The van der Waals surface area contributed by atoms with Gasteiger partial charge in [0, 0.05) is 36.0 Å². The van der Waals surface area contributed by atoms with Crippen LogP contribution in [-0.2, 0) is 12.8 Å². The lowest BCUT2D eigenvalue weighted by molar-refractivity contribution is 0.357. The predicted octanol–water partition coefficient (Wildman–Crippen LogP) is 2.17. The first-order valence-electron chi connectivity index (χ1n) is 6.11. The van der Waals surface area contributed by atoms with Gasteiger partial charge in [-0.1, -0.05) is 31.2 Å². The second-order valence-corrected chi connectivity index (χ2v) is 4.77. The van der Waals surface area contributed by atoms with E-state index < -0.39 is 0 Å². The van der Waals surface area contributed by atoms with Gasteiger partial charge in [-0.15, -0.1) is 0 Å². The summed E-state index contributed by atoms with van der Waals surface area (Å²) in [5.74, 6) is 0. The number of likely N-dealkylation sites (N-methyl/N-ethyl adjacent to an activating group) is 1. The summed E-state index contributed by atoms with van der Waals surface area (Å²) < 4.78 is 2.90. The molecular formula is C13H22IN3. The standard InChI is InChI=1S/C13H22IN3/c1-3-17(2)11-9-13-6-4-12(5-7-13)8-10-15-16-14/h4-7,15-16H,3,8-11H2,1-2H3. The molecule has 3 nitrogen and oxygen atoms in total. The molecule has 1 aromatic carbocycles. The van der Waals surface area contributed by atoms with Crippen LogP contribution < -0.4 is 9.06 Å². The molecule has 0 aliphatic rings. The number of rotatable bonds is 8. The molecule has 4 heteroatoms. The van der Waals surface area contributed by atoms with Crippen molar-refractivity contribution in [2.75, 3.05) is 26.7 Å². The fourth-order valence-electron chi connectivity index (χ4n) is 1.60. The van der Waals surface area contributed by atoms with E-state index in [2.05, 4.69) is 75.1 Å². The van der Waals surface area contributed by atoms with Crippen LogP contribution in [0.3, 0.4) is 0 Å². The van der Waals surface area contributed by atoms with E-state index in [9.17, 15) is 0 Å². The Labute approximate surface area is 118 Å². The van der Waals surface area contributed by atoms with E-state index >= 15 is 0 Å². The molecule has 0 bridgehead atoms. The molecule has 2 N–H and O–H groups in total. The van der Waals surface area contributed by atoms with Gasteiger partial charge < -0.3 is 4.90 Å². The van der Waals surface area contributed by atoms with Gasteiger partial charge in [-0.05, 0) is 37.6 Å². The summed E-state index contributed by atoms with van der Waals surface area (Å²) in [7, 11) is 2.16. The molecule has 0 amide bonds. The van der Waals surface area contributed by atoms with Gasteiger partial charge in [-0.3, -0.25) is 0 Å². The molecule has 0 fully saturated rings. The molecule has 0 aliphatic carbocycles. The lowest BCUT2D eigenvalue weighted by atomic mass is 10.1. The van der Waals surface area contributed by atoms with Gasteiger partial charge in [-0.25, -0.2) is 5.43 Å². The number of hydrogen-bond donors (Lipinski definition) is 2. The van der Waals surface area contributed by atoms with Crippen molar-refractivity contribution in [2.24, 2.45) is 0 Å². The Morgan fingerprint density at radius 1 is 1.12 bits per heavy atom. The third-order valence-electron chi connectivity index (χ3n) is 2.95. The summed E-state index contributed by atoms with van der Waals surface area (Å²) in [6.07, 6.45) is 2.20. The summed E-state index contributed by atoms with van der Waals surface area (Å²) in [6.45, 7) is 5.40. The molecule has 1 rings (SSSR count). The van der Waals surface area contributed by atoms with Crippen molar-refractivity contribution >= 4 is 22.9 Å². The van der Waals surface area contributed by atoms with Gasteiger partial charge in [0.15, 0.2) is 0 Å². The maximum Gasteiger partial charge on any atom is 0.0334 e. The first kappa shape index (κ1) is 14.9. The highest BCUT2D eigenvalue weighted by Gasteiger charge is 1.98. The highest BCUT2D eigenvalue weighted by molar-refractivity contribution is 14.1. The van der Waals surface area contributed by atoms with Crippen LogP contribution in [0.15, 0.2) is 24.3 Å². The zero-order valence-electron chi connectivity index (χ0n) is 10.7. The Bertz CT molecular complexity index is 300. The summed E-state index contributed by atoms with van der Waals surface area (Å²) in [5.41, 5.74) is 5.90. The summed E-state index contributed by atoms with van der Waals surface area (Å²) >= 11 is 2.09.